The van der Waals surface area contributed by atoms with Crippen molar-refractivity contribution in [3.8, 4) is 0 Å². The highest BCUT2D eigenvalue weighted by Crippen LogP contribution is 2.05. The maximum Gasteiger partial charge on any atom is 0.216 e. The minimum absolute atomic E-state index is 0.0397. The average Bonchev–Trinajstić information content (AvgIpc) is 2.85. The van der Waals surface area contributed by atoms with Crippen molar-refractivity contribution in [1.29, 1.82) is 0 Å². The van der Waals surface area contributed by atoms with Gasteiger partial charge in [-0.3, -0.25) is 4.79 Å². The molecule has 0 aliphatic carbocycles. The van der Waals surface area contributed by atoms with Crippen molar-refractivity contribution in [2.75, 3.05) is 52.8 Å². The number of carbonyl (C=O) groups is 1. The Kier molecular flexibility index (Phi) is 41.8. The van der Waals surface area contributed by atoms with Crippen LogP contribution >= 0.6 is 0 Å². The molecular formula is C30H61NO5. The van der Waals surface area contributed by atoms with Crippen LogP contribution in [0.3, 0.4) is 0 Å². The van der Waals surface area contributed by atoms with Crippen molar-refractivity contribution in [2.45, 2.75) is 112 Å². The smallest absolute Gasteiger partial charge is 0.216 e. The van der Waals surface area contributed by atoms with Gasteiger partial charge in [-0.25, -0.2) is 0 Å². The van der Waals surface area contributed by atoms with Crippen molar-refractivity contribution in [1.82, 2.24) is 5.32 Å². The lowest BCUT2D eigenvalue weighted by molar-refractivity contribution is -0.119. The van der Waals surface area contributed by atoms with Gasteiger partial charge in [0.2, 0.25) is 5.91 Å². The summed E-state index contributed by atoms with van der Waals surface area (Å²) in [6.45, 7) is 20.5. The Balaban J connectivity index is -0.000000822. The van der Waals surface area contributed by atoms with Gasteiger partial charge in [0.25, 0.3) is 0 Å². The van der Waals surface area contributed by atoms with Gasteiger partial charge in [-0.1, -0.05) is 90.9 Å². The van der Waals surface area contributed by atoms with Crippen LogP contribution in [-0.2, 0) is 23.7 Å². The summed E-state index contributed by atoms with van der Waals surface area (Å²) >= 11 is 0. The summed E-state index contributed by atoms with van der Waals surface area (Å²) in [6, 6.07) is 0. The number of rotatable bonds is 23. The van der Waals surface area contributed by atoms with Crippen LogP contribution in [-0.4, -0.2) is 64.8 Å². The number of unbranched alkanes of at least 4 members (excludes halogenated alkanes) is 6. The second-order valence-electron chi connectivity index (χ2n) is 8.72. The lowest BCUT2D eigenvalue weighted by Crippen LogP contribution is -2.25. The van der Waals surface area contributed by atoms with E-state index in [-0.39, 0.29) is 12.0 Å². The van der Waals surface area contributed by atoms with Crippen LogP contribution in [0.25, 0.3) is 0 Å². The molecule has 6 heteroatoms. The molecule has 1 unspecified atom stereocenters. The number of ether oxygens (including phenoxy) is 4. The summed E-state index contributed by atoms with van der Waals surface area (Å²) in [5.74, 6) is -0.0397. The zero-order valence-corrected chi connectivity index (χ0v) is 24.8. The highest BCUT2D eigenvalue weighted by molar-refractivity contribution is 5.72. The molecule has 216 valence electrons. The van der Waals surface area contributed by atoms with Gasteiger partial charge in [-0.05, 0) is 26.2 Å². The zero-order valence-electron chi connectivity index (χ0n) is 24.8. The third kappa shape index (κ3) is 46.2. The van der Waals surface area contributed by atoms with E-state index in [1.165, 1.54) is 58.3 Å². The van der Waals surface area contributed by atoms with Crippen LogP contribution in [0.1, 0.15) is 106 Å². The van der Waals surface area contributed by atoms with Crippen LogP contribution in [0.5, 0.6) is 0 Å². The molecule has 0 heterocycles. The molecule has 36 heavy (non-hydrogen) atoms. The normalized spacial score (nSPS) is 11.3. The summed E-state index contributed by atoms with van der Waals surface area (Å²) in [5.41, 5.74) is 0. The van der Waals surface area contributed by atoms with Crippen molar-refractivity contribution in [3.63, 3.8) is 0 Å². The number of hydrogen-bond acceptors (Lipinski definition) is 5. The quantitative estimate of drug-likeness (QED) is 0.114. The molecule has 1 N–H and O–H groups in total. The highest BCUT2D eigenvalue weighted by atomic mass is 16.6. The molecule has 0 aromatic heterocycles. The van der Waals surface area contributed by atoms with Gasteiger partial charge in [-0.2, -0.15) is 0 Å². The van der Waals surface area contributed by atoms with Crippen molar-refractivity contribution in [2.24, 2.45) is 0 Å². The molecule has 0 radical (unpaired) electrons. The van der Waals surface area contributed by atoms with Crippen LogP contribution in [0.2, 0.25) is 0 Å². The number of allylic oxidation sites excluding steroid dienone is 3. The fourth-order valence-electron chi connectivity index (χ4n) is 2.69. The van der Waals surface area contributed by atoms with E-state index in [0.717, 1.165) is 19.4 Å². The maximum atomic E-state index is 10.6. The maximum absolute atomic E-state index is 10.6. The summed E-state index contributed by atoms with van der Waals surface area (Å²) in [4.78, 5) is 10.6. The van der Waals surface area contributed by atoms with Crippen LogP contribution < -0.4 is 5.32 Å². The Morgan fingerprint density at radius 3 is 2.03 bits per heavy atom. The van der Waals surface area contributed by atoms with Gasteiger partial charge in [-0.15, -0.1) is 6.58 Å². The zero-order chi connectivity index (χ0) is 27.5. The Bertz CT molecular complexity index is 443. The van der Waals surface area contributed by atoms with E-state index >= 15 is 0 Å². The van der Waals surface area contributed by atoms with E-state index < -0.39 is 0 Å². The van der Waals surface area contributed by atoms with E-state index in [0.29, 0.717) is 46.2 Å². The molecule has 1 amide bonds. The van der Waals surface area contributed by atoms with E-state index in [9.17, 15) is 4.79 Å². The molecule has 0 bridgehead atoms. The standard InChI is InChI=1S/C19H39NO5.C8H14.C3H8/c1-4-5-6-7-8-9-11-24-17-18(2)25-16-15-23-14-13-22-12-10-20-19(3)21;1-3-5-7-8-6-4-2;1-3-2/h18H,4-17H2,1-3H3,(H,20,21);3,7-8H,1,4-6H2,2H3;3H2,1-2H3/b;8-7-;. The number of nitrogens with one attached hydrogen (secondary N) is 1. The van der Waals surface area contributed by atoms with Gasteiger partial charge in [0, 0.05) is 20.1 Å². The Morgan fingerprint density at radius 2 is 1.42 bits per heavy atom. The summed E-state index contributed by atoms with van der Waals surface area (Å²) in [7, 11) is 0. The summed E-state index contributed by atoms with van der Waals surface area (Å²) in [6.07, 6.45) is 18.8. The van der Waals surface area contributed by atoms with E-state index in [4.69, 9.17) is 18.9 Å². The SMILES string of the molecule is C=CC/C=C\CCC.CCC.CCCCCCCCOCC(C)OCCOCCOCCNC(C)=O. The topological polar surface area (TPSA) is 66.0 Å². The lowest BCUT2D eigenvalue weighted by atomic mass is 10.1. The molecule has 0 aliphatic heterocycles. The van der Waals surface area contributed by atoms with Gasteiger partial charge in [0.1, 0.15) is 0 Å². The molecule has 0 saturated heterocycles. The molecule has 0 rings (SSSR count). The average molecular weight is 516 g/mol. The highest BCUT2D eigenvalue weighted by Gasteiger charge is 2.02. The van der Waals surface area contributed by atoms with Crippen molar-refractivity contribution >= 4 is 5.91 Å². The second kappa shape index (κ2) is 38.3. The fraction of sp³-hybridized carbons (Fsp3) is 0.833. The summed E-state index contributed by atoms with van der Waals surface area (Å²) < 4.78 is 22.0. The Labute approximate surface area is 224 Å². The van der Waals surface area contributed by atoms with Gasteiger partial charge in [0.05, 0.1) is 45.7 Å². The van der Waals surface area contributed by atoms with Gasteiger partial charge in [0.15, 0.2) is 0 Å². The monoisotopic (exact) mass is 515 g/mol. The van der Waals surface area contributed by atoms with Crippen molar-refractivity contribution < 1.29 is 23.7 Å². The molecule has 0 aromatic rings. The molecule has 1 atom stereocenters. The van der Waals surface area contributed by atoms with Crippen LogP contribution in [0, 0.1) is 0 Å². The van der Waals surface area contributed by atoms with E-state index in [1.807, 2.05) is 13.0 Å². The molecule has 0 saturated carbocycles. The molecule has 0 fully saturated rings. The Morgan fingerprint density at radius 1 is 0.806 bits per heavy atom. The van der Waals surface area contributed by atoms with Crippen LogP contribution in [0.15, 0.2) is 24.8 Å². The van der Waals surface area contributed by atoms with Crippen LogP contribution in [0.4, 0.5) is 0 Å². The second-order valence-corrected chi connectivity index (χ2v) is 8.72. The first-order valence-electron chi connectivity index (χ1n) is 14.3. The van der Waals surface area contributed by atoms with Gasteiger partial charge >= 0.3 is 0 Å². The predicted molar refractivity (Wildman–Crippen MR) is 155 cm³/mol. The predicted octanol–water partition coefficient (Wildman–Crippen LogP) is 7.27. The Hall–Kier alpha value is -1.21. The third-order valence-corrected chi connectivity index (χ3v) is 4.54. The number of hydrogen-bond donors (Lipinski definition) is 1. The minimum Gasteiger partial charge on any atom is -0.379 e. The van der Waals surface area contributed by atoms with Gasteiger partial charge < -0.3 is 24.3 Å². The van der Waals surface area contributed by atoms with E-state index in [1.54, 1.807) is 0 Å². The molecular weight excluding hydrogens is 454 g/mol. The summed E-state index contributed by atoms with van der Waals surface area (Å²) in [5, 5.41) is 2.67. The first kappa shape index (κ1) is 39.3. The minimum atomic E-state index is -0.0397. The lowest BCUT2D eigenvalue weighted by Gasteiger charge is -2.13. The molecule has 6 nitrogen and oxygen atoms in total. The third-order valence-electron chi connectivity index (χ3n) is 4.54. The largest absolute Gasteiger partial charge is 0.379 e. The van der Waals surface area contributed by atoms with Crippen molar-refractivity contribution in [3.05, 3.63) is 24.8 Å². The fourth-order valence-corrected chi connectivity index (χ4v) is 2.69. The number of carbonyl (C=O) groups excluding carboxylic acids is 1. The first-order valence-corrected chi connectivity index (χ1v) is 14.3. The molecule has 0 spiro atoms. The molecule has 0 aliphatic rings. The number of amides is 1. The van der Waals surface area contributed by atoms with E-state index in [2.05, 4.69) is 51.7 Å². The molecule has 0 aromatic carbocycles. The first-order chi connectivity index (χ1) is 17.5.